The van der Waals surface area contributed by atoms with Crippen LogP contribution in [-0.2, 0) is 28.7 Å². The van der Waals surface area contributed by atoms with Crippen molar-refractivity contribution < 1.29 is 54.2 Å². The largest absolute Gasteiger partial charge is 0.481 e. The summed E-state index contributed by atoms with van der Waals surface area (Å²) in [5.41, 5.74) is 0. The summed E-state index contributed by atoms with van der Waals surface area (Å²) >= 11 is 0. The maximum Gasteiger partial charge on any atom is 0.333 e. The molecular weight excluding hydrogens is 296 g/mol. The Balaban J connectivity index is 5.30. The maximum atomic E-state index is 10.9. The number of carboxylic acids is 5. The van der Waals surface area contributed by atoms with Crippen molar-refractivity contribution in [2.75, 3.05) is 0 Å². The first-order chi connectivity index (χ1) is 9.56. The molecule has 0 aromatic rings. The Morgan fingerprint density at radius 3 is 1.48 bits per heavy atom. The zero-order valence-corrected chi connectivity index (χ0v) is 10.3. The fourth-order valence-corrected chi connectivity index (χ4v) is 1.37. The smallest absolute Gasteiger partial charge is 0.333 e. The predicted octanol–water partition coefficient (Wildman–Crippen LogP) is -1.44. The van der Waals surface area contributed by atoms with Crippen LogP contribution < -0.4 is 0 Å². The number of rotatable bonds is 10. The molecule has 0 saturated carbocycles. The van der Waals surface area contributed by atoms with Gasteiger partial charge in [-0.25, -0.2) is 9.59 Å². The molecule has 0 saturated heterocycles. The van der Waals surface area contributed by atoms with E-state index in [9.17, 15) is 24.0 Å². The molecule has 118 valence electrons. The van der Waals surface area contributed by atoms with Crippen LogP contribution >= 0.6 is 0 Å². The van der Waals surface area contributed by atoms with E-state index in [0.29, 0.717) is 0 Å². The van der Waals surface area contributed by atoms with E-state index in [-0.39, 0.29) is 0 Å². The second-order valence-corrected chi connectivity index (χ2v) is 3.86. The van der Waals surface area contributed by atoms with Gasteiger partial charge >= 0.3 is 29.8 Å². The Kier molecular flexibility index (Phi) is 6.79. The van der Waals surface area contributed by atoms with Gasteiger partial charge in [0.2, 0.25) is 0 Å². The normalized spacial score (nSPS) is 14.7. The van der Waals surface area contributed by atoms with Gasteiger partial charge in [0.05, 0.1) is 12.8 Å². The Bertz CT molecular complexity index is 454. The van der Waals surface area contributed by atoms with Gasteiger partial charge < -0.3 is 30.3 Å². The lowest BCUT2D eigenvalue weighted by Gasteiger charge is -2.22. The van der Waals surface area contributed by atoms with Crippen molar-refractivity contribution in [3.05, 3.63) is 0 Å². The molecule has 0 aliphatic carbocycles. The summed E-state index contributed by atoms with van der Waals surface area (Å²) in [5.74, 6) is -10.9. The number of hydrogen-bond donors (Lipinski definition) is 5. The van der Waals surface area contributed by atoms with Gasteiger partial charge in [-0.05, 0) is 0 Å². The van der Waals surface area contributed by atoms with E-state index in [1.165, 1.54) is 0 Å². The van der Waals surface area contributed by atoms with Crippen molar-refractivity contribution >= 4 is 29.8 Å². The molecule has 0 fully saturated rings. The number of aliphatic carboxylic acids is 5. The molecule has 0 spiro atoms. The van der Waals surface area contributed by atoms with Crippen molar-refractivity contribution in [1.82, 2.24) is 0 Å². The maximum absolute atomic E-state index is 10.9. The summed E-state index contributed by atoms with van der Waals surface area (Å²) in [6, 6.07) is 0. The van der Waals surface area contributed by atoms with E-state index < -0.39 is 60.8 Å². The summed E-state index contributed by atoms with van der Waals surface area (Å²) in [6.45, 7) is 0. The van der Waals surface area contributed by atoms with Crippen LogP contribution in [0.4, 0.5) is 0 Å². The fraction of sp³-hybridized carbons (Fsp3) is 0.500. The summed E-state index contributed by atoms with van der Waals surface area (Å²) < 4.78 is 4.48. The Hall–Kier alpha value is -2.69. The zero-order valence-electron chi connectivity index (χ0n) is 10.3. The molecule has 0 rings (SSSR count). The molecule has 0 aliphatic rings. The van der Waals surface area contributed by atoms with Gasteiger partial charge in [-0.2, -0.15) is 0 Å². The standard InChI is InChI=1S/C10H12O11/c11-5(12)1-3(8(15)16)7(10(19)20)21-4(9(17)18)2-6(13)14/h3-4,7H,1-2H2,(H,11,12)(H,13,14)(H,15,16)(H,17,18)(H,19,20). The van der Waals surface area contributed by atoms with Crippen LogP contribution in [0.1, 0.15) is 12.8 Å². The highest BCUT2D eigenvalue weighted by Gasteiger charge is 2.40. The molecule has 11 nitrogen and oxygen atoms in total. The number of carbonyl (C=O) groups is 5. The molecule has 0 amide bonds. The lowest BCUT2D eigenvalue weighted by Crippen LogP contribution is -2.43. The summed E-state index contributed by atoms with van der Waals surface area (Å²) in [4.78, 5) is 53.6. The van der Waals surface area contributed by atoms with Gasteiger partial charge in [0.25, 0.3) is 0 Å². The monoisotopic (exact) mass is 308 g/mol. The molecule has 0 radical (unpaired) electrons. The van der Waals surface area contributed by atoms with Gasteiger partial charge in [-0.15, -0.1) is 0 Å². The SMILES string of the molecule is O=C(O)CC(OC(C(=O)O)C(CC(=O)O)C(=O)O)C(=O)O. The molecular formula is C10H12O11. The van der Waals surface area contributed by atoms with E-state index in [4.69, 9.17) is 25.5 Å². The van der Waals surface area contributed by atoms with E-state index in [0.717, 1.165) is 0 Å². The van der Waals surface area contributed by atoms with Gasteiger partial charge in [-0.1, -0.05) is 0 Å². The number of hydrogen-bond acceptors (Lipinski definition) is 6. The molecule has 21 heavy (non-hydrogen) atoms. The second kappa shape index (κ2) is 7.79. The average Bonchev–Trinajstić information content (AvgIpc) is 2.30. The first-order valence-electron chi connectivity index (χ1n) is 5.33. The zero-order chi connectivity index (χ0) is 16.7. The van der Waals surface area contributed by atoms with Crippen molar-refractivity contribution in [2.24, 2.45) is 5.92 Å². The minimum absolute atomic E-state index is 1.11. The Morgan fingerprint density at radius 2 is 1.19 bits per heavy atom. The molecule has 3 unspecified atom stereocenters. The minimum Gasteiger partial charge on any atom is -0.481 e. The quantitative estimate of drug-likeness (QED) is 0.317. The van der Waals surface area contributed by atoms with E-state index in [1.54, 1.807) is 0 Å². The molecule has 5 N–H and O–H groups in total. The third-order valence-corrected chi connectivity index (χ3v) is 2.27. The van der Waals surface area contributed by atoms with Gasteiger partial charge in [0, 0.05) is 0 Å². The van der Waals surface area contributed by atoms with Crippen molar-refractivity contribution in [2.45, 2.75) is 25.0 Å². The van der Waals surface area contributed by atoms with Crippen LogP contribution in [0.15, 0.2) is 0 Å². The van der Waals surface area contributed by atoms with E-state index >= 15 is 0 Å². The van der Waals surface area contributed by atoms with Crippen LogP contribution in [0, 0.1) is 5.92 Å². The molecule has 11 heteroatoms. The number of carboxylic acid groups (broad SMARTS) is 5. The van der Waals surface area contributed by atoms with Crippen LogP contribution in [0.2, 0.25) is 0 Å². The molecule has 0 aliphatic heterocycles. The van der Waals surface area contributed by atoms with Gasteiger partial charge in [0.15, 0.2) is 12.2 Å². The van der Waals surface area contributed by atoms with E-state index in [2.05, 4.69) is 4.74 Å². The van der Waals surface area contributed by atoms with Crippen molar-refractivity contribution in [3.8, 4) is 0 Å². The van der Waals surface area contributed by atoms with E-state index in [1.807, 2.05) is 0 Å². The third kappa shape index (κ3) is 6.33. The van der Waals surface area contributed by atoms with Crippen molar-refractivity contribution in [3.63, 3.8) is 0 Å². The van der Waals surface area contributed by atoms with Gasteiger partial charge in [0.1, 0.15) is 5.92 Å². The van der Waals surface area contributed by atoms with Crippen molar-refractivity contribution in [1.29, 1.82) is 0 Å². The summed E-state index contributed by atoms with van der Waals surface area (Å²) in [7, 11) is 0. The lowest BCUT2D eigenvalue weighted by molar-refractivity contribution is -0.180. The van der Waals surface area contributed by atoms with Crippen LogP contribution in [-0.4, -0.2) is 67.6 Å². The molecule has 0 bridgehead atoms. The lowest BCUT2D eigenvalue weighted by atomic mass is 9.98. The fourth-order valence-electron chi connectivity index (χ4n) is 1.37. The Morgan fingerprint density at radius 1 is 0.714 bits per heavy atom. The second-order valence-electron chi connectivity index (χ2n) is 3.86. The highest BCUT2D eigenvalue weighted by atomic mass is 16.5. The highest BCUT2D eigenvalue weighted by molar-refractivity contribution is 5.86. The molecule has 3 atom stereocenters. The summed E-state index contributed by atoms with van der Waals surface area (Å²) in [6.07, 6.45) is -6.69. The first-order valence-corrected chi connectivity index (χ1v) is 5.33. The first kappa shape index (κ1) is 18.3. The topological polar surface area (TPSA) is 196 Å². The molecule has 0 aromatic carbocycles. The molecule has 0 heterocycles. The number of ether oxygens (including phenoxy) is 1. The minimum atomic E-state index is -2.32. The summed E-state index contributed by atoms with van der Waals surface area (Å²) in [5, 5.41) is 43.4. The van der Waals surface area contributed by atoms with Crippen LogP contribution in [0.3, 0.4) is 0 Å². The van der Waals surface area contributed by atoms with Gasteiger partial charge in [-0.3, -0.25) is 14.4 Å². The highest BCUT2D eigenvalue weighted by Crippen LogP contribution is 2.17. The Labute approximate surface area is 116 Å². The molecule has 0 aromatic heterocycles. The average molecular weight is 308 g/mol. The van der Waals surface area contributed by atoms with Crippen LogP contribution in [0.25, 0.3) is 0 Å². The third-order valence-electron chi connectivity index (χ3n) is 2.27. The van der Waals surface area contributed by atoms with Crippen LogP contribution in [0.5, 0.6) is 0 Å². The predicted molar refractivity (Wildman–Crippen MR) is 59.6 cm³/mol.